The Kier molecular flexibility index (Phi) is 82.8. The van der Waals surface area contributed by atoms with Crippen LogP contribution in [0.3, 0.4) is 0 Å². The van der Waals surface area contributed by atoms with E-state index in [2.05, 4.69) is 37.9 Å². The van der Waals surface area contributed by atoms with Crippen molar-refractivity contribution in [3.8, 4) is 0 Å². The molecule has 1 rings (SSSR count). The summed E-state index contributed by atoms with van der Waals surface area (Å²) in [6.45, 7) is 6.50. The maximum atomic E-state index is 7.75. The van der Waals surface area contributed by atoms with Crippen LogP contribution in [-0.4, -0.2) is 13.6 Å². The Morgan fingerprint density at radius 3 is 1.29 bits per heavy atom. The van der Waals surface area contributed by atoms with E-state index in [-0.39, 0.29) is 35.9 Å². The summed E-state index contributed by atoms with van der Waals surface area (Å²) in [4.78, 5) is 15.5. The van der Waals surface area contributed by atoms with E-state index < -0.39 is 0 Å². The van der Waals surface area contributed by atoms with Crippen LogP contribution < -0.4 is 0 Å². The molecule has 0 amide bonds. The standard InChI is InChI=1S/C7H8.2CHO.2CH3.Mo/c1-2-4-6-7-5-3-1;2*1-2;;;/h1-6H,7H2;2*1H;2*1H3;/q;4*-1;+4. The van der Waals surface area contributed by atoms with E-state index in [0.29, 0.717) is 0 Å². The molecule has 3 heteroatoms. The predicted octanol–water partition coefficient (Wildman–Crippen LogP) is 2.41. The van der Waals surface area contributed by atoms with Crippen molar-refractivity contribution in [3.05, 3.63) is 51.3 Å². The molecule has 0 fully saturated rings. The van der Waals surface area contributed by atoms with E-state index in [0.717, 1.165) is 6.42 Å². The molecule has 2 nitrogen and oxygen atoms in total. The first kappa shape index (κ1) is 29.2. The molecule has 0 N–H and O–H groups in total. The second kappa shape index (κ2) is 39.7. The molecule has 14 heavy (non-hydrogen) atoms. The molecule has 0 radical (unpaired) electrons. The van der Waals surface area contributed by atoms with Crippen molar-refractivity contribution >= 4 is 13.6 Å². The van der Waals surface area contributed by atoms with Crippen molar-refractivity contribution in [2.75, 3.05) is 0 Å². The molecular weight excluding hydrogens is 260 g/mol. The topological polar surface area (TPSA) is 34.1 Å². The van der Waals surface area contributed by atoms with Crippen LogP contribution in [-0.2, 0) is 30.7 Å². The Balaban J connectivity index is -0.0000000350. The van der Waals surface area contributed by atoms with Crippen molar-refractivity contribution in [2.24, 2.45) is 0 Å². The smallest absolute Gasteiger partial charge is 0.545 e. The number of rotatable bonds is 0. The first-order valence-electron chi connectivity index (χ1n) is 2.95. The van der Waals surface area contributed by atoms with Crippen molar-refractivity contribution < 1.29 is 30.7 Å². The number of allylic oxidation sites excluding steroid dienone is 6. The predicted molar refractivity (Wildman–Crippen MR) is 58.4 cm³/mol. The minimum absolute atomic E-state index is 0. The maximum Gasteiger partial charge on any atom is 4.00 e. The molecule has 0 bridgehead atoms. The monoisotopic (exact) mass is 278 g/mol. The fourth-order valence-corrected chi connectivity index (χ4v) is 0.521. The Labute approximate surface area is 102 Å². The van der Waals surface area contributed by atoms with Crippen molar-refractivity contribution in [1.82, 2.24) is 0 Å². The van der Waals surface area contributed by atoms with Gasteiger partial charge in [-0.25, -0.2) is 0 Å². The van der Waals surface area contributed by atoms with Gasteiger partial charge in [0.25, 0.3) is 0 Å². The van der Waals surface area contributed by atoms with E-state index in [1.165, 1.54) is 0 Å². The number of hydrogen-bond acceptors (Lipinski definition) is 2. The van der Waals surface area contributed by atoms with Crippen LogP contribution in [0.25, 0.3) is 0 Å². The van der Waals surface area contributed by atoms with Gasteiger partial charge in [0.1, 0.15) is 0 Å². The summed E-state index contributed by atoms with van der Waals surface area (Å²) >= 11 is 0. The van der Waals surface area contributed by atoms with Crippen LogP contribution in [0.1, 0.15) is 6.42 Å². The first-order chi connectivity index (χ1) is 5.50. The van der Waals surface area contributed by atoms with E-state index in [1.54, 1.807) is 0 Å². The molecule has 78 valence electrons. The quantitative estimate of drug-likeness (QED) is 0.387. The third-order valence-electron chi connectivity index (χ3n) is 0.878. The Hall–Kier alpha value is -0.752. The summed E-state index contributed by atoms with van der Waals surface area (Å²) in [5.41, 5.74) is 0. The fourth-order valence-electron chi connectivity index (χ4n) is 0.521. The Morgan fingerprint density at radius 1 is 0.714 bits per heavy atom. The van der Waals surface area contributed by atoms with E-state index in [4.69, 9.17) is 9.59 Å². The molecule has 0 aliphatic heterocycles. The minimum atomic E-state index is 0. The number of hydrogen-bond donors (Lipinski definition) is 0. The summed E-state index contributed by atoms with van der Waals surface area (Å²) in [5, 5.41) is 0. The molecule has 0 atom stereocenters. The zero-order chi connectivity index (χ0) is 8.95. The summed E-state index contributed by atoms with van der Waals surface area (Å²) in [6.07, 6.45) is 13.5. The van der Waals surface area contributed by atoms with Crippen molar-refractivity contribution in [3.63, 3.8) is 0 Å². The molecule has 0 saturated carbocycles. The van der Waals surface area contributed by atoms with Crippen LogP contribution in [0.15, 0.2) is 36.5 Å². The van der Waals surface area contributed by atoms with Gasteiger partial charge in [0.2, 0.25) is 0 Å². The molecule has 0 aromatic heterocycles. The second-order valence-corrected chi connectivity index (χ2v) is 1.48. The van der Waals surface area contributed by atoms with Gasteiger partial charge >= 0.3 is 21.1 Å². The normalized spacial score (nSPS) is 9.14. The van der Waals surface area contributed by atoms with Gasteiger partial charge in [-0.1, -0.05) is 36.5 Å². The summed E-state index contributed by atoms with van der Waals surface area (Å²) < 4.78 is 0. The van der Waals surface area contributed by atoms with Gasteiger partial charge in [-0.05, 0) is 6.42 Å². The molecule has 1 aliphatic carbocycles. The van der Waals surface area contributed by atoms with Crippen molar-refractivity contribution in [2.45, 2.75) is 6.42 Å². The molecule has 0 spiro atoms. The summed E-state index contributed by atoms with van der Waals surface area (Å²) in [7, 11) is 0. The van der Waals surface area contributed by atoms with Crippen LogP contribution in [0.5, 0.6) is 0 Å². The largest absolute Gasteiger partial charge is 4.00 e. The fraction of sp³-hybridized carbons (Fsp3) is 0.0909. The second-order valence-electron chi connectivity index (χ2n) is 1.48. The molecule has 0 saturated heterocycles. The third-order valence-corrected chi connectivity index (χ3v) is 0.878. The van der Waals surface area contributed by atoms with Gasteiger partial charge in [-0.2, -0.15) is 0 Å². The maximum absolute atomic E-state index is 7.75. The van der Waals surface area contributed by atoms with Crippen LogP contribution in [0.4, 0.5) is 0 Å². The summed E-state index contributed by atoms with van der Waals surface area (Å²) in [5.74, 6) is 0. The molecular formula is C11H16MoO2. The van der Waals surface area contributed by atoms with E-state index in [1.807, 2.05) is 12.2 Å². The Morgan fingerprint density at radius 2 is 1.00 bits per heavy atom. The third kappa shape index (κ3) is 30.3. The van der Waals surface area contributed by atoms with E-state index in [9.17, 15) is 0 Å². The van der Waals surface area contributed by atoms with Gasteiger partial charge in [-0.15, -0.1) is 0 Å². The molecule has 0 heterocycles. The average molecular weight is 276 g/mol. The van der Waals surface area contributed by atoms with E-state index >= 15 is 0 Å². The minimum Gasteiger partial charge on any atom is -0.545 e. The number of carbonyl (C=O) groups excluding carboxylic acids is 2. The van der Waals surface area contributed by atoms with Gasteiger partial charge in [0.15, 0.2) is 0 Å². The van der Waals surface area contributed by atoms with Gasteiger partial charge < -0.3 is 24.4 Å². The Bertz CT molecular complexity index is 135. The van der Waals surface area contributed by atoms with Gasteiger partial charge in [0.05, 0.1) is 0 Å². The van der Waals surface area contributed by atoms with Crippen LogP contribution in [0.2, 0.25) is 0 Å². The summed E-state index contributed by atoms with van der Waals surface area (Å²) in [6, 6.07) is 0. The van der Waals surface area contributed by atoms with Gasteiger partial charge in [0, 0.05) is 0 Å². The zero-order valence-corrected chi connectivity index (χ0v) is 10.6. The van der Waals surface area contributed by atoms with Gasteiger partial charge in [-0.3, -0.25) is 13.6 Å². The zero-order valence-electron chi connectivity index (χ0n) is 8.55. The molecule has 0 aromatic rings. The first-order valence-corrected chi connectivity index (χ1v) is 2.95. The average Bonchev–Trinajstić information content (AvgIpc) is 2.42. The molecule has 0 unspecified atom stereocenters. The van der Waals surface area contributed by atoms with Crippen molar-refractivity contribution in [1.29, 1.82) is 0 Å². The van der Waals surface area contributed by atoms with Crippen LogP contribution >= 0.6 is 0 Å². The SMILES string of the molecule is C1=CC=CCC=C1.[CH-]=O.[CH-]=O.[CH3-].[CH3-].[Mo+4]. The molecule has 1 aliphatic rings. The molecule has 0 aromatic carbocycles. The van der Waals surface area contributed by atoms with Crippen LogP contribution in [0, 0.1) is 14.9 Å².